The highest BCUT2D eigenvalue weighted by molar-refractivity contribution is 6.30. The maximum atomic E-state index is 13.8. The maximum Gasteiger partial charge on any atom is 0.167 e. The second kappa shape index (κ2) is 6.25. The van der Waals surface area contributed by atoms with Gasteiger partial charge < -0.3 is 10.5 Å². The zero-order chi connectivity index (χ0) is 14.7. The van der Waals surface area contributed by atoms with Gasteiger partial charge in [-0.1, -0.05) is 17.7 Å². The van der Waals surface area contributed by atoms with E-state index >= 15 is 0 Å². The zero-order valence-electron chi connectivity index (χ0n) is 11.5. The highest BCUT2D eigenvalue weighted by Crippen LogP contribution is 2.31. The van der Waals surface area contributed by atoms with Crippen molar-refractivity contribution < 1.29 is 9.13 Å². The molecule has 20 heavy (non-hydrogen) atoms. The van der Waals surface area contributed by atoms with Crippen molar-refractivity contribution in [3.8, 4) is 11.5 Å². The van der Waals surface area contributed by atoms with Gasteiger partial charge in [-0.25, -0.2) is 4.39 Å². The Morgan fingerprint density at radius 1 is 1.10 bits per heavy atom. The van der Waals surface area contributed by atoms with Gasteiger partial charge in [0, 0.05) is 5.02 Å². The van der Waals surface area contributed by atoms with E-state index in [0.717, 1.165) is 16.7 Å². The lowest BCUT2D eigenvalue weighted by Crippen LogP contribution is -2.05. The molecule has 106 valence electrons. The quantitative estimate of drug-likeness (QED) is 0.907. The zero-order valence-corrected chi connectivity index (χ0v) is 12.3. The summed E-state index contributed by atoms with van der Waals surface area (Å²) in [6.45, 7) is 4.54. The largest absolute Gasteiger partial charge is 0.454 e. The third kappa shape index (κ3) is 3.30. The first-order chi connectivity index (χ1) is 9.51. The summed E-state index contributed by atoms with van der Waals surface area (Å²) in [7, 11) is 0. The van der Waals surface area contributed by atoms with Crippen LogP contribution in [0.1, 0.15) is 16.7 Å². The lowest BCUT2D eigenvalue weighted by molar-refractivity contribution is 0.437. The van der Waals surface area contributed by atoms with Crippen LogP contribution in [0.25, 0.3) is 0 Å². The molecule has 0 saturated carbocycles. The van der Waals surface area contributed by atoms with E-state index in [-0.39, 0.29) is 5.75 Å². The van der Waals surface area contributed by atoms with Gasteiger partial charge in [-0.3, -0.25) is 0 Å². The Morgan fingerprint density at radius 3 is 2.45 bits per heavy atom. The van der Waals surface area contributed by atoms with Crippen molar-refractivity contribution in [2.24, 2.45) is 5.73 Å². The Balaban J connectivity index is 2.39. The Kier molecular flexibility index (Phi) is 4.63. The minimum absolute atomic E-state index is 0.163. The number of hydrogen-bond donors (Lipinski definition) is 1. The first kappa shape index (κ1) is 14.8. The minimum atomic E-state index is -0.477. The normalized spacial score (nSPS) is 10.7. The van der Waals surface area contributed by atoms with E-state index in [1.165, 1.54) is 12.1 Å². The standard InChI is InChI=1S/C16H17ClFNO/c1-10-7-12(5-6-19)16(8-11(10)2)20-15-4-3-13(17)9-14(15)18/h3-4,7-9H,5-6,19H2,1-2H3. The van der Waals surface area contributed by atoms with Gasteiger partial charge in [0.05, 0.1) is 0 Å². The van der Waals surface area contributed by atoms with E-state index in [1.54, 1.807) is 6.07 Å². The van der Waals surface area contributed by atoms with Gasteiger partial charge in [-0.2, -0.15) is 0 Å². The molecule has 0 bridgehead atoms. The third-order valence-electron chi connectivity index (χ3n) is 3.20. The Hall–Kier alpha value is -1.58. The first-order valence-corrected chi connectivity index (χ1v) is 6.82. The van der Waals surface area contributed by atoms with E-state index in [0.29, 0.717) is 23.7 Å². The van der Waals surface area contributed by atoms with Crippen molar-refractivity contribution in [2.45, 2.75) is 20.3 Å². The lowest BCUT2D eigenvalue weighted by atomic mass is 10.0. The molecule has 2 nitrogen and oxygen atoms in total. The second-order valence-corrected chi connectivity index (χ2v) is 5.20. The number of halogens is 2. The average Bonchev–Trinajstić information content (AvgIpc) is 2.39. The summed E-state index contributed by atoms with van der Waals surface area (Å²) < 4.78 is 19.5. The molecule has 0 aliphatic heterocycles. The van der Waals surface area contributed by atoms with Crippen LogP contribution in [0.3, 0.4) is 0 Å². The molecule has 0 unspecified atom stereocenters. The summed E-state index contributed by atoms with van der Waals surface area (Å²) >= 11 is 5.73. The summed E-state index contributed by atoms with van der Waals surface area (Å²) in [5.41, 5.74) is 8.85. The molecule has 0 amide bonds. The van der Waals surface area contributed by atoms with Gasteiger partial charge in [0.2, 0.25) is 0 Å². The third-order valence-corrected chi connectivity index (χ3v) is 3.44. The molecule has 4 heteroatoms. The second-order valence-electron chi connectivity index (χ2n) is 4.76. The van der Waals surface area contributed by atoms with Gasteiger partial charge in [0.15, 0.2) is 11.6 Å². The predicted octanol–water partition coefficient (Wildman–Crippen LogP) is 4.39. The molecule has 0 atom stereocenters. The van der Waals surface area contributed by atoms with Crippen molar-refractivity contribution in [1.29, 1.82) is 0 Å². The van der Waals surface area contributed by atoms with Crippen molar-refractivity contribution >= 4 is 11.6 Å². The molecule has 0 radical (unpaired) electrons. The molecular formula is C16H17ClFNO. The van der Waals surface area contributed by atoms with Gasteiger partial charge in [0.25, 0.3) is 0 Å². The lowest BCUT2D eigenvalue weighted by Gasteiger charge is -2.14. The maximum absolute atomic E-state index is 13.8. The number of nitrogens with two attached hydrogens (primary N) is 1. The van der Waals surface area contributed by atoms with Crippen LogP contribution in [0.5, 0.6) is 11.5 Å². The van der Waals surface area contributed by atoms with Crippen molar-refractivity contribution in [1.82, 2.24) is 0 Å². The topological polar surface area (TPSA) is 35.2 Å². The average molecular weight is 294 g/mol. The fourth-order valence-corrected chi connectivity index (χ4v) is 2.13. The van der Waals surface area contributed by atoms with Gasteiger partial charge >= 0.3 is 0 Å². The summed E-state index contributed by atoms with van der Waals surface area (Å²) in [6, 6.07) is 8.31. The number of hydrogen-bond acceptors (Lipinski definition) is 2. The van der Waals surface area contributed by atoms with Crippen LogP contribution in [-0.2, 0) is 6.42 Å². The molecule has 0 fully saturated rings. The fourth-order valence-electron chi connectivity index (χ4n) is 1.97. The van der Waals surface area contributed by atoms with Crippen LogP contribution in [0.15, 0.2) is 30.3 Å². The van der Waals surface area contributed by atoms with Crippen LogP contribution in [0.2, 0.25) is 5.02 Å². The van der Waals surface area contributed by atoms with Gasteiger partial charge in [-0.05, 0) is 67.8 Å². The van der Waals surface area contributed by atoms with Crippen molar-refractivity contribution in [3.05, 3.63) is 57.9 Å². The molecule has 0 aliphatic carbocycles. The first-order valence-electron chi connectivity index (χ1n) is 6.44. The summed E-state index contributed by atoms with van der Waals surface area (Å²) in [5.74, 6) is 0.324. The molecular weight excluding hydrogens is 277 g/mol. The van der Waals surface area contributed by atoms with Crippen LogP contribution >= 0.6 is 11.6 Å². The summed E-state index contributed by atoms with van der Waals surface area (Å²) in [5, 5.41) is 0.345. The van der Waals surface area contributed by atoms with E-state index in [9.17, 15) is 4.39 Å². The molecule has 0 saturated heterocycles. The summed E-state index contributed by atoms with van der Waals surface area (Å²) in [4.78, 5) is 0. The van der Waals surface area contributed by atoms with E-state index in [4.69, 9.17) is 22.1 Å². The van der Waals surface area contributed by atoms with Crippen molar-refractivity contribution in [3.63, 3.8) is 0 Å². The van der Waals surface area contributed by atoms with Gasteiger partial charge in [0.1, 0.15) is 5.75 Å². The Bertz CT molecular complexity index is 628. The van der Waals surface area contributed by atoms with Gasteiger partial charge in [-0.15, -0.1) is 0 Å². The highest BCUT2D eigenvalue weighted by atomic mass is 35.5. The monoisotopic (exact) mass is 293 g/mol. The number of aryl methyl sites for hydroxylation is 2. The molecule has 2 rings (SSSR count). The highest BCUT2D eigenvalue weighted by Gasteiger charge is 2.10. The van der Waals surface area contributed by atoms with Crippen LogP contribution < -0.4 is 10.5 Å². The van der Waals surface area contributed by atoms with Crippen LogP contribution in [0, 0.1) is 19.7 Å². The number of rotatable bonds is 4. The molecule has 2 aromatic rings. The van der Waals surface area contributed by atoms with E-state index < -0.39 is 5.82 Å². The number of benzene rings is 2. The minimum Gasteiger partial charge on any atom is -0.454 e. The summed E-state index contributed by atoms with van der Waals surface area (Å²) in [6.07, 6.45) is 0.686. The molecule has 2 aromatic carbocycles. The van der Waals surface area contributed by atoms with Crippen LogP contribution in [0.4, 0.5) is 4.39 Å². The molecule has 0 spiro atoms. The fraction of sp³-hybridized carbons (Fsp3) is 0.250. The predicted molar refractivity (Wildman–Crippen MR) is 80.2 cm³/mol. The Morgan fingerprint density at radius 2 is 1.80 bits per heavy atom. The van der Waals surface area contributed by atoms with Crippen molar-refractivity contribution in [2.75, 3.05) is 6.54 Å². The molecule has 0 aromatic heterocycles. The Labute approximate surface area is 123 Å². The van der Waals surface area contributed by atoms with E-state index in [1.807, 2.05) is 26.0 Å². The SMILES string of the molecule is Cc1cc(CCN)c(Oc2ccc(Cl)cc2F)cc1C. The van der Waals surface area contributed by atoms with Crippen LogP contribution in [-0.4, -0.2) is 6.54 Å². The molecule has 0 heterocycles. The molecule has 2 N–H and O–H groups in total. The molecule has 0 aliphatic rings. The number of ether oxygens (including phenoxy) is 1. The smallest absolute Gasteiger partial charge is 0.167 e. The van der Waals surface area contributed by atoms with E-state index in [2.05, 4.69) is 0 Å².